The topological polar surface area (TPSA) is 109 Å². The van der Waals surface area contributed by atoms with Gasteiger partial charge in [-0.2, -0.15) is 12.7 Å². The van der Waals surface area contributed by atoms with Gasteiger partial charge in [-0.05, 0) is 0 Å². The largest absolute Gasteiger partial charge is 0.385 e. The van der Waals surface area contributed by atoms with E-state index in [1.807, 2.05) is 0 Å². The minimum atomic E-state index is -3.45. The lowest BCUT2D eigenvalue weighted by Crippen LogP contribution is -2.53. The Kier molecular flexibility index (Phi) is 4.03. The highest BCUT2D eigenvalue weighted by atomic mass is 32.2. The second-order valence-corrected chi connectivity index (χ2v) is 4.93. The predicted octanol–water partition coefficient (Wildman–Crippen LogP) is -1.52. The number of morpholine rings is 1. The Morgan fingerprint density at radius 1 is 1.73 bits per heavy atom. The molecule has 1 fully saturated rings. The second-order valence-electron chi connectivity index (χ2n) is 3.18. The Labute approximate surface area is 89.3 Å². The summed E-state index contributed by atoms with van der Waals surface area (Å²) in [6.45, 7) is 2.70. The van der Waals surface area contributed by atoms with Crippen molar-refractivity contribution in [1.82, 2.24) is 9.03 Å². The van der Waals surface area contributed by atoms with Crippen LogP contribution in [0.3, 0.4) is 0 Å². The Morgan fingerprint density at radius 3 is 2.93 bits per heavy atom. The third-order valence-electron chi connectivity index (χ3n) is 2.04. The molecule has 0 saturated carbocycles. The normalized spacial score (nSPS) is 23.9. The van der Waals surface area contributed by atoms with Crippen molar-refractivity contribution in [3.8, 4) is 0 Å². The lowest BCUT2D eigenvalue weighted by Gasteiger charge is -2.31. The molecule has 1 atom stereocenters. The number of amidine groups is 1. The highest BCUT2D eigenvalue weighted by Crippen LogP contribution is 2.08. The van der Waals surface area contributed by atoms with Gasteiger partial charge in [0, 0.05) is 19.6 Å². The summed E-state index contributed by atoms with van der Waals surface area (Å²) in [4.78, 5) is 0. The quantitative estimate of drug-likeness (QED) is 0.407. The number of ether oxygens (including phenoxy) is 1. The molecular formula is C7H16N4O3S. The lowest BCUT2D eigenvalue weighted by molar-refractivity contribution is 0.0364. The minimum absolute atomic E-state index is 0.102. The van der Waals surface area contributed by atoms with Gasteiger partial charge < -0.3 is 10.5 Å². The summed E-state index contributed by atoms with van der Waals surface area (Å²) in [5.74, 6) is -0.147. The number of nitrogens with one attached hydrogen (secondary N) is 2. The summed E-state index contributed by atoms with van der Waals surface area (Å²) < 4.78 is 32.0. The number of nitrogens with two attached hydrogens (primary N) is 1. The zero-order chi connectivity index (χ0) is 11.5. The van der Waals surface area contributed by atoms with E-state index < -0.39 is 16.3 Å². The fourth-order valence-electron chi connectivity index (χ4n) is 1.31. The van der Waals surface area contributed by atoms with E-state index in [-0.39, 0.29) is 19.0 Å². The molecule has 4 N–H and O–H groups in total. The predicted molar refractivity (Wildman–Crippen MR) is 55.8 cm³/mol. The fraction of sp³-hybridized carbons (Fsp3) is 0.857. The van der Waals surface area contributed by atoms with Gasteiger partial charge in [-0.25, -0.2) is 4.72 Å². The molecule has 0 aliphatic carbocycles. The minimum Gasteiger partial charge on any atom is -0.385 e. The Balaban J connectivity index is 2.67. The van der Waals surface area contributed by atoms with Gasteiger partial charge in [-0.15, -0.1) is 0 Å². The average Bonchev–Trinajstić information content (AvgIpc) is 2.18. The van der Waals surface area contributed by atoms with Crippen molar-refractivity contribution in [2.24, 2.45) is 5.73 Å². The first-order valence-electron chi connectivity index (χ1n) is 4.67. The van der Waals surface area contributed by atoms with Crippen LogP contribution in [0, 0.1) is 5.41 Å². The zero-order valence-electron chi connectivity index (χ0n) is 8.56. The van der Waals surface area contributed by atoms with E-state index >= 15 is 0 Å². The molecule has 0 spiro atoms. The average molecular weight is 236 g/mol. The van der Waals surface area contributed by atoms with Crippen LogP contribution in [0.1, 0.15) is 6.92 Å². The van der Waals surface area contributed by atoms with Crippen molar-refractivity contribution < 1.29 is 13.2 Å². The Morgan fingerprint density at radius 2 is 2.40 bits per heavy atom. The summed E-state index contributed by atoms with van der Waals surface area (Å²) in [6, 6.07) is 0. The van der Waals surface area contributed by atoms with Crippen LogP contribution >= 0.6 is 0 Å². The van der Waals surface area contributed by atoms with Crippen LogP contribution < -0.4 is 10.5 Å². The van der Waals surface area contributed by atoms with Crippen LogP contribution in [0.15, 0.2) is 0 Å². The van der Waals surface area contributed by atoms with Crippen molar-refractivity contribution in [3.63, 3.8) is 0 Å². The van der Waals surface area contributed by atoms with Crippen LogP contribution in [-0.2, 0) is 14.9 Å². The van der Waals surface area contributed by atoms with E-state index in [0.29, 0.717) is 13.1 Å². The summed E-state index contributed by atoms with van der Waals surface area (Å²) in [6.07, 6.45) is -0.632. The van der Waals surface area contributed by atoms with Gasteiger partial charge in [-0.3, -0.25) is 5.41 Å². The van der Waals surface area contributed by atoms with Gasteiger partial charge in [0.15, 0.2) is 0 Å². The summed E-state index contributed by atoms with van der Waals surface area (Å²) in [5, 5.41) is 7.20. The van der Waals surface area contributed by atoms with Crippen LogP contribution in [0.4, 0.5) is 0 Å². The molecule has 0 aromatic rings. The molecule has 0 amide bonds. The smallest absolute Gasteiger partial charge is 0.279 e. The molecule has 1 aliphatic heterocycles. The molecule has 88 valence electrons. The number of rotatable bonds is 4. The molecule has 0 bridgehead atoms. The molecular weight excluding hydrogens is 220 g/mol. The monoisotopic (exact) mass is 236 g/mol. The van der Waals surface area contributed by atoms with Gasteiger partial charge in [0.05, 0.1) is 6.61 Å². The number of hydrogen-bond acceptors (Lipinski definition) is 4. The van der Waals surface area contributed by atoms with E-state index in [0.717, 1.165) is 0 Å². The van der Waals surface area contributed by atoms with E-state index in [4.69, 9.17) is 15.9 Å². The summed E-state index contributed by atoms with van der Waals surface area (Å²) in [5.41, 5.74) is 5.26. The molecule has 1 aliphatic rings. The molecule has 1 heterocycles. The van der Waals surface area contributed by atoms with Crippen molar-refractivity contribution in [2.45, 2.75) is 13.0 Å². The van der Waals surface area contributed by atoms with Crippen molar-refractivity contribution in [3.05, 3.63) is 0 Å². The number of nitrogens with zero attached hydrogens (tertiary/aromatic N) is 1. The van der Waals surface area contributed by atoms with Crippen LogP contribution in [0.5, 0.6) is 0 Å². The van der Waals surface area contributed by atoms with Gasteiger partial charge in [0.2, 0.25) is 0 Å². The van der Waals surface area contributed by atoms with Crippen LogP contribution in [0.2, 0.25) is 0 Å². The third-order valence-corrected chi connectivity index (χ3v) is 3.71. The van der Waals surface area contributed by atoms with E-state index in [1.165, 1.54) is 4.31 Å². The lowest BCUT2D eigenvalue weighted by atomic mass is 10.3. The highest BCUT2D eigenvalue weighted by molar-refractivity contribution is 7.87. The maximum atomic E-state index is 11.6. The van der Waals surface area contributed by atoms with Gasteiger partial charge in [0.25, 0.3) is 10.2 Å². The maximum Gasteiger partial charge on any atom is 0.279 e. The van der Waals surface area contributed by atoms with E-state index in [1.54, 1.807) is 6.92 Å². The zero-order valence-corrected chi connectivity index (χ0v) is 9.38. The SMILES string of the molecule is CCNS(=O)(=O)N1CCOC(C(=N)N)C1. The third kappa shape index (κ3) is 3.13. The van der Waals surface area contributed by atoms with Gasteiger partial charge in [0.1, 0.15) is 11.9 Å². The van der Waals surface area contributed by atoms with Crippen molar-refractivity contribution in [2.75, 3.05) is 26.2 Å². The summed E-state index contributed by atoms with van der Waals surface area (Å²) >= 11 is 0. The van der Waals surface area contributed by atoms with E-state index in [2.05, 4.69) is 4.72 Å². The molecule has 7 nitrogen and oxygen atoms in total. The molecule has 1 unspecified atom stereocenters. The van der Waals surface area contributed by atoms with Crippen LogP contribution in [0.25, 0.3) is 0 Å². The Bertz CT molecular complexity index is 329. The maximum absolute atomic E-state index is 11.6. The molecule has 0 aromatic carbocycles. The molecule has 8 heteroatoms. The molecule has 1 saturated heterocycles. The van der Waals surface area contributed by atoms with Crippen molar-refractivity contribution in [1.29, 1.82) is 5.41 Å². The molecule has 0 radical (unpaired) electrons. The summed E-state index contributed by atoms with van der Waals surface area (Å²) in [7, 11) is -3.45. The first-order chi connectivity index (χ1) is 6.97. The first-order valence-corrected chi connectivity index (χ1v) is 6.11. The molecule has 15 heavy (non-hydrogen) atoms. The molecule has 1 rings (SSSR count). The van der Waals surface area contributed by atoms with Crippen LogP contribution in [-0.4, -0.2) is 50.9 Å². The molecule has 0 aromatic heterocycles. The fourth-order valence-corrected chi connectivity index (χ4v) is 2.50. The van der Waals surface area contributed by atoms with Gasteiger partial charge >= 0.3 is 0 Å². The van der Waals surface area contributed by atoms with E-state index in [9.17, 15) is 8.42 Å². The second kappa shape index (κ2) is 4.88. The standard InChI is InChI=1S/C7H16N4O3S/c1-2-10-15(12,13)11-3-4-14-6(5-11)7(8)9/h6,10H,2-5H2,1H3,(H3,8,9). The number of hydrogen-bond donors (Lipinski definition) is 3. The van der Waals surface area contributed by atoms with Gasteiger partial charge in [-0.1, -0.05) is 6.92 Å². The highest BCUT2D eigenvalue weighted by Gasteiger charge is 2.30. The first kappa shape index (κ1) is 12.4. The van der Waals surface area contributed by atoms with Crippen molar-refractivity contribution >= 4 is 16.0 Å². The Hall–Kier alpha value is -0.700.